The number of tetrazole rings is 1. The van der Waals surface area contributed by atoms with Crippen molar-refractivity contribution in [2.45, 2.75) is 31.7 Å². The van der Waals surface area contributed by atoms with E-state index in [1.165, 1.54) is 0 Å². The Hall–Kier alpha value is -2.44. The molecule has 7 heteroatoms. The maximum absolute atomic E-state index is 12.4. The molecule has 0 radical (unpaired) electrons. The topological polar surface area (TPSA) is 73.1 Å². The molecule has 3 heterocycles. The van der Waals surface area contributed by atoms with Crippen LogP contribution < -0.4 is 9.64 Å². The van der Waals surface area contributed by atoms with Gasteiger partial charge in [0.1, 0.15) is 5.75 Å². The van der Waals surface area contributed by atoms with E-state index in [1.807, 2.05) is 23.1 Å². The van der Waals surface area contributed by atoms with Gasteiger partial charge in [0.15, 0.2) is 5.82 Å². The lowest BCUT2D eigenvalue weighted by Gasteiger charge is -2.34. The van der Waals surface area contributed by atoms with Crippen molar-refractivity contribution in [2.24, 2.45) is 0 Å². The largest absolute Gasteiger partial charge is 0.497 e. The first-order chi connectivity index (χ1) is 10.3. The molecule has 1 aromatic heterocycles. The second-order valence-corrected chi connectivity index (χ2v) is 5.38. The van der Waals surface area contributed by atoms with Crippen LogP contribution in [-0.2, 0) is 11.2 Å². The summed E-state index contributed by atoms with van der Waals surface area (Å²) in [6.45, 7) is 0. The number of carbonyl (C=O) groups is 1. The molecule has 0 unspecified atom stereocenters. The highest BCUT2D eigenvalue weighted by molar-refractivity contribution is 5.97. The summed E-state index contributed by atoms with van der Waals surface area (Å²) >= 11 is 0. The van der Waals surface area contributed by atoms with Gasteiger partial charge in [-0.1, -0.05) is 0 Å². The van der Waals surface area contributed by atoms with Gasteiger partial charge in [-0.05, 0) is 35.4 Å². The summed E-state index contributed by atoms with van der Waals surface area (Å²) in [6, 6.07) is 5.77. The third-order valence-electron chi connectivity index (χ3n) is 4.18. The molecule has 4 rings (SSSR count). The van der Waals surface area contributed by atoms with Gasteiger partial charge in [-0.25, -0.2) is 0 Å². The summed E-state index contributed by atoms with van der Waals surface area (Å²) in [5, 5.41) is 12.0. The van der Waals surface area contributed by atoms with Crippen LogP contribution in [0.25, 0.3) is 5.69 Å². The summed E-state index contributed by atoms with van der Waals surface area (Å²) in [5.74, 6) is 1.67. The lowest BCUT2D eigenvalue weighted by Crippen LogP contribution is -2.44. The molecule has 0 saturated carbocycles. The van der Waals surface area contributed by atoms with Crippen molar-refractivity contribution >= 4 is 11.6 Å². The fourth-order valence-electron chi connectivity index (χ4n) is 3.20. The fraction of sp³-hybridized carbons (Fsp3) is 0.429. The Morgan fingerprint density at radius 1 is 1.33 bits per heavy atom. The number of ether oxygens (including phenoxy) is 1. The Morgan fingerprint density at radius 2 is 2.24 bits per heavy atom. The molecule has 1 amide bonds. The number of methoxy groups -OCH3 is 1. The highest BCUT2D eigenvalue weighted by Crippen LogP contribution is 2.37. The molecule has 1 atom stereocenters. The van der Waals surface area contributed by atoms with E-state index in [-0.39, 0.29) is 11.9 Å². The van der Waals surface area contributed by atoms with Crippen molar-refractivity contribution in [3.05, 3.63) is 24.0 Å². The predicted octanol–water partition coefficient (Wildman–Crippen LogP) is 1.11. The molecule has 0 bridgehead atoms. The Kier molecular flexibility index (Phi) is 2.66. The van der Waals surface area contributed by atoms with Gasteiger partial charge in [-0.2, -0.15) is 4.68 Å². The number of hydrogen-bond donors (Lipinski definition) is 0. The number of amides is 1. The van der Waals surface area contributed by atoms with Gasteiger partial charge >= 0.3 is 0 Å². The monoisotopic (exact) mass is 285 g/mol. The first-order valence-corrected chi connectivity index (χ1v) is 7.05. The number of rotatable bonds is 1. The van der Waals surface area contributed by atoms with E-state index >= 15 is 0 Å². The minimum Gasteiger partial charge on any atom is -0.497 e. The Bertz CT molecular complexity index is 711. The average Bonchev–Trinajstić information content (AvgIpc) is 2.90. The van der Waals surface area contributed by atoms with Crippen LogP contribution in [0.4, 0.5) is 5.69 Å². The molecule has 0 N–H and O–H groups in total. The molecule has 108 valence electrons. The van der Waals surface area contributed by atoms with E-state index in [0.717, 1.165) is 35.8 Å². The van der Waals surface area contributed by atoms with Crippen LogP contribution in [0.15, 0.2) is 18.2 Å². The highest BCUT2D eigenvalue weighted by Gasteiger charge is 2.35. The van der Waals surface area contributed by atoms with Gasteiger partial charge in [0.05, 0.1) is 18.5 Å². The van der Waals surface area contributed by atoms with Gasteiger partial charge < -0.3 is 9.64 Å². The first kappa shape index (κ1) is 12.3. The molecule has 1 saturated heterocycles. The number of hydrogen-bond acceptors (Lipinski definition) is 5. The van der Waals surface area contributed by atoms with Crippen LogP contribution in [0.5, 0.6) is 5.75 Å². The quantitative estimate of drug-likeness (QED) is 0.785. The smallest absolute Gasteiger partial charge is 0.227 e. The van der Waals surface area contributed by atoms with E-state index in [2.05, 4.69) is 15.5 Å². The number of benzene rings is 1. The summed E-state index contributed by atoms with van der Waals surface area (Å²) in [7, 11) is 1.62. The highest BCUT2D eigenvalue weighted by atomic mass is 16.5. The number of anilines is 1. The Morgan fingerprint density at radius 3 is 3.10 bits per heavy atom. The van der Waals surface area contributed by atoms with Gasteiger partial charge in [0.25, 0.3) is 0 Å². The zero-order valence-electron chi connectivity index (χ0n) is 11.7. The normalized spacial score (nSPS) is 20.3. The zero-order chi connectivity index (χ0) is 14.4. The van der Waals surface area contributed by atoms with E-state index in [4.69, 9.17) is 4.74 Å². The van der Waals surface area contributed by atoms with Crippen LogP contribution in [0.2, 0.25) is 0 Å². The van der Waals surface area contributed by atoms with Crippen LogP contribution in [0.3, 0.4) is 0 Å². The molecule has 1 aromatic carbocycles. The van der Waals surface area contributed by atoms with Crippen molar-refractivity contribution in [2.75, 3.05) is 12.0 Å². The second-order valence-electron chi connectivity index (χ2n) is 5.38. The Labute approximate surface area is 121 Å². The summed E-state index contributed by atoms with van der Waals surface area (Å²) in [6.07, 6.45) is 3.15. The van der Waals surface area contributed by atoms with E-state index in [0.29, 0.717) is 12.8 Å². The number of nitrogens with zero attached hydrogens (tertiary/aromatic N) is 5. The van der Waals surface area contributed by atoms with Crippen molar-refractivity contribution in [3.8, 4) is 11.4 Å². The third-order valence-corrected chi connectivity index (χ3v) is 4.18. The van der Waals surface area contributed by atoms with Gasteiger partial charge in [0, 0.05) is 24.9 Å². The van der Waals surface area contributed by atoms with Crippen molar-refractivity contribution < 1.29 is 9.53 Å². The van der Waals surface area contributed by atoms with Crippen LogP contribution in [0.1, 0.15) is 25.1 Å². The minimum atomic E-state index is 0.115. The molecule has 2 aromatic rings. The SMILES string of the molecule is COc1ccc2c(c1)N1C(=O)CCC[C@H]1Cc1nnnn1-2. The zero-order valence-corrected chi connectivity index (χ0v) is 11.7. The molecular weight excluding hydrogens is 270 g/mol. The summed E-state index contributed by atoms with van der Waals surface area (Å²) < 4.78 is 7.03. The van der Waals surface area contributed by atoms with Crippen LogP contribution >= 0.6 is 0 Å². The number of fused-ring (bicyclic) bond motifs is 5. The molecule has 0 spiro atoms. The van der Waals surface area contributed by atoms with Crippen LogP contribution in [0, 0.1) is 0 Å². The Balaban J connectivity index is 1.96. The predicted molar refractivity (Wildman–Crippen MR) is 74.5 cm³/mol. The van der Waals surface area contributed by atoms with E-state index in [1.54, 1.807) is 11.8 Å². The standard InChI is InChI=1S/C14H15N5O2/c1-21-10-5-6-11-12(8-10)18-9(3-2-4-14(18)20)7-13-15-16-17-19(11)13/h5-6,8-9H,2-4,7H2,1H3/t9-/m0/s1. The van der Waals surface area contributed by atoms with E-state index < -0.39 is 0 Å². The van der Waals surface area contributed by atoms with E-state index in [9.17, 15) is 4.79 Å². The summed E-state index contributed by atoms with van der Waals surface area (Å²) in [5.41, 5.74) is 1.66. The molecule has 21 heavy (non-hydrogen) atoms. The number of aromatic nitrogens is 4. The lowest BCUT2D eigenvalue weighted by atomic mass is 9.98. The number of piperidine rings is 1. The van der Waals surface area contributed by atoms with Gasteiger partial charge in [-0.3, -0.25) is 4.79 Å². The maximum Gasteiger partial charge on any atom is 0.227 e. The number of carbonyl (C=O) groups excluding carboxylic acids is 1. The molecule has 7 nitrogen and oxygen atoms in total. The average molecular weight is 285 g/mol. The third kappa shape index (κ3) is 1.80. The minimum absolute atomic E-state index is 0.115. The fourth-order valence-corrected chi connectivity index (χ4v) is 3.20. The maximum atomic E-state index is 12.4. The summed E-state index contributed by atoms with van der Waals surface area (Å²) in [4.78, 5) is 14.3. The lowest BCUT2D eigenvalue weighted by molar-refractivity contribution is -0.120. The molecule has 2 aliphatic rings. The van der Waals surface area contributed by atoms with Gasteiger partial charge in [0.2, 0.25) is 5.91 Å². The van der Waals surface area contributed by atoms with Crippen molar-refractivity contribution in [1.29, 1.82) is 0 Å². The first-order valence-electron chi connectivity index (χ1n) is 7.05. The molecule has 0 aliphatic carbocycles. The molecule has 1 fully saturated rings. The van der Waals surface area contributed by atoms with Crippen LogP contribution in [-0.4, -0.2) is 39.3 Å². The van der Waals surface area contributed by atoms with Gasteiger partial charge in [-0.15, -0.1) is 5.10 Å². The van der Waals surface area contributed by atoms with Crippen molar-refractivity contribution in [1.82, 2.24) is 20.2 Å². The molecule has 2 aliphatic heterocycles. The second kappa shape index (κ2) is 4.54. The van der Waals surface area contributed by atoms with Crippen molar-refractivity contribution in [3.63, 3.8) is 0 Å². The molecular formula is C14H15N5O2.